The van der Waals surface area contributed by atoms with Gasteiger partial charge in [-0.3, -0.25) is 9.52 Å². The zero-order valence-electron chi connectivity index (χ0n) is 19.4. The number of ether oxygens (including phenoxy) is 1. The van der Waals surface area contributed by atoms with Crippen molar-refractivity contribution >= 4 is 66.4 Å². The van der Waals surface area contributed by atoms with Crippen molar-refractivity contribution in [2.75, 3.05) is 10.0 Å². The number of hydrogen-bond acceptors (Lipinski definition) is 4. The number of anilines is 2. The van der Waals surface area contributed by atoms with Gasteiger partial charge in [0.15, 0.2) is 0 Å². The number of alkyl halides is 3. The second-order valence-electron chi connectivity index (χ2n) is 7.95. The highest BCUT2D eigenvalue weighted by molar-refractivity contribution is 9.10. The van der Waals surface area contributed by atoms with Crippen LogP contribution in [0.15, 0.2) is 94.3 Å². The van der Waals surface area contributed by atoms with Crippen molar-refractivity contribution < 1.29 is 31.1 Å². The number of carbonyl (C=O) groups is 1. The molecule has 4 rings (SSSR count). The van der Waals surface area contributed by atoms with Crippen LogP contribution in [0.2, 0.25) is 10.0 Å². The van der Waals surface area contributed by atoms with Crippen LogP contribution in [-0.4, -0.2) is 14.3 Å². The van der Waals surface area contributed by atoms with Crippen molar-refractivity contribution in [2.45, 2.75) is 11.1 Å². The third kappa shape index (κ3) is 7.04. The Balaban J connectivity index is 1.56. The first-order valence-corrected chi connectivity index (χ1v) is 13.9. The lowest BCUT2D eigenvalue weighted by molar-refractivity contribution is -0.138. The largest absolute Gasteiger partial charge is 0.456 e. The fourth-order valence-corrected chi connectivity index (χ4v) is 5.25. The lowest BCUT2D eigenvalue weighted by Gasteiger charge is -2.15. The minimum absolute atomic E-state index is 0.107. The average molecular weight is 660 g/mol. The minimum Gasteiger partial charge on any atom is -0.456 e. The summed E-state index contributed by atoms with van der Waals surface area (Å²) in [7, 11) is -4.19. The van der Waals surface area contributed by atoms with Crippen molar-refractivity contribution in [2.24, 2.45) is 0 Å². The molecule has 6 nitrogen and oxygen atoms in total. The lowest BCUT2D eigenvalue weighted by Crippen LogP contribution is -2.19. The average Bonchev–Trinajstić information content (AvgIpc) is 2.87. The first kappa shape index (κ1) is 28.8. The molecule has 4 aromatic carbocycles. The quantitative estimate of drug-likeness (QED) is 0.208. The SMILES string of the molecule is O=C(Nc1ccc(Br)c(C(F)(F)F)c1)c1cc(Cl)ccc1NS(=O)(=O)c1ccc(Oc2ccccc2Cl)cc1. The molecule has 4 aromatic rings. The molecule has 13 heteroatoms. The normalized spacial score (nSPS) is 11.6. The van der Waals surface area contributed by atoms with E-state index in [4.69, 9.17) is 27.9 Å². The Morgan fingerprint density at radius 1 is 0.897 bits per heavy atom. The van der Waals surface area contributed by atoms with Crippen LogP contribution in [0, 0.1) is 0 Å². The van der Waals surface area contributed by atoms with Crippen LogP contribution in [0.25, 0.3) is 0 Å². The van der Waals surface area contributed by atoms with E-state index in [0.29, 0.717) is 16.5 Å². The standard InChI is InChI=1S/C26H16BrCl2F3N2O4S/c27-21-11-6-16(14-20(21)26(30,31)32)33-25(35)19-13-15(28)5-12-23(19)34-39(36,37)18-9-7-17(8-10-18)38-24-4-2-1-3-22(24)29/h1-14,34H,(H,33,35). The Bertz CT molecular complexity index is 1650. The zero-order valence-corrected chi connectivity index (χ0v) is 23.3. The number of rotatable bonds is 7. The minimum atomic E-state index is -4.66. The van der Waals surface area contributed by atoms with E-state index in [2.05, 4.69) is 26.0 Å². The summed E-state index contributed by atoms with van der Waals surface area (Å²) < 4.78 is 73.7. The summed E-state index contributed by atoms with van der Waals surface area (Å²) in [5.41, 5.74) is -1.49. The van der Waals surface area contributed by atoms with Gasteiger partial charge in [-0.15, -0.1) is 0 Å². The molecule has 0 heterocycles. The summed E-state index contributed by atoms with van der Waals surface area (Å²) in [5, 5.41) is 2.83. The maximum Gasteiger partial charge on any atom is 0.417 e. The molecule has 0 saturated heterocycles. The topological polar surface area (TPSA) is 84.5 Å². The molecule has 0 saturated carbocycles. The van der Waals surface area contributed by atoms with Crippen molar-refractivity contribution in [1.82, 2.24) is 0 Å². The van der Waals surface area contributed by atoms with Crippen LogP contribution in [0.1, 0.15) is 15.9 Å². The molecule has 2 N–H and O–H groups in total. The fourth-order valence-electron chi connectivity index (χ4n) is 3.36. The molecule has 0 fully saturated rings. The molecule has 0 radical (unpaired) electrons. The van der Waals surface area contributed by atoms with E-state index in [1.54, 1.807) is 24.3 Å². The van der Waals surface area contributed by atoms with Crippen LogP contribution in [0.5, 0.6) is 11.5 Å². The number of amides is 1. The van der Waals surface area contributed by atoms with Crippen LogP contribution in [0.3, 0.4) is 0 Å². The van der Waals surface area contributed by atoms with Gasteiger partial charge < -0.3 is 10.1 Å². The maximum absolute atomic E-state index is 13.3. The third-order valence-corrected chi connectivity index (χ3v) is 7.82. The molecular weight excluding hydrogens is 644 g/mol. The highest BCUT2D eigenvalue weighted by atomic mass is 79.9. The number of para-hydroxylation sites is 1. The summed E-state index contributed by atoms with van der Waals surface area (Å²) in [6, 6.07) is 19.2. The predicted octanol–water partition coefficient (Wildman–Crippen LogP) is 8.62. The van der Waals surface area contributed by atoms with E-state index in [1.807, 2.05) is 0 Å². The second kappa shape index (κ2) is 11.5. The molecule has 0 aliphatic carbocycles. The van der Waals surface area contributed by atoms with Crippen molar-refractivity contribution in [3.05, 3.63) is 111 Å². The number of carbonyl (C=O) groups excluding carboxylic acids is 1. The molecule has 0 aromatic heterocycles. The number of hydrogen-bond donors (Lipinski definition) is 2. The van der Waals surface area contributed by atoms with Crippen LogP contribution < -0.4 is 14.8 Å². The van der Waals surface area contributed by atoms with Crippen LogP contribution in [0.4, 0.5) is 24.5 Å². The molecule has 0 aliphatic heterocycles. The first-order valence-electron chi connectivity index (χ1n) is 10.9. The summed E-state index contributed by atoms with van der Waals surface area (Å²) in [5.74, 6) is -0.159. The Hall–Kier alpha value is -3.25. The molecule has 0 atom stereocenters. The molecule has 0 aliphatic rings. The van der Waals surface area contributed by atoms with Crippen molar-refractivity contribution in [3.63, 3.8) is 0 Å². The summed E-state index contributed by atoms with van der Waals surface area (Å²) in [4.78, 5) is 12.8. The zero-order chi connectivity index (χ0) is 28.4. The van der Waals surface area contributed by atoms with Gasteiger partial charge in [0, 0.05) is 15.2 Å². The van der Waals surface area contributed by atoms with Gasteiger partial charge in [-0.05, 0) is 72.8 Å². The Morgan fingerprint density at radius 2 is 1.59 bits per heavy atom. The van der Waals surface area contributed by atoms with Gasteiger partial charge in [0.1, 0.15) is 11.5 Å². The first-order chi connectivity index (χ1) is 18.3. The maximum atomic E-state index is 13.3. The van der Waals surface area contributed by atoms with E-state index >= 15 is 0 Å². The fraction of sp³-hybridized carbons (Fsp3) is 0.0385. The van der Waals surface area contributed by atoms with E-state index in [9.17, 15) is 26.4 Å². The van der Waals surface area contributed by atoms with Crippen LogP contribution >= 0.6 is 39.1 Å². The number of halogens is 6. The number of nitrogens with one attached hydrogen (secondary N) is 2. The van der Waals surface area contributed by atoms with E-state index in [0.717, 1.165) is 12.1 Å². The van der Waals surface area contributed by atoms with Gasteiger partial charge in [0.05, 0.1) is 26.7 Å². The third-order valence-electron chi connectivity index (χ3n) is 5.20. The summed E-state index contributed by atoms with van der Waals surface area (Å²) in [6.07, 6.45) is -4.66. The van der Waals surface area contributed by atoms with Gasteiger partial charge in [-0.1, -0.05) is 51.3 Å². The van der Waals surface area contributed by atoms with Gasteiger partial charge in [0.25, 0.3) is 15.9 Å². The van der Waals surface area contributed by atoms with Crippen molar-refractivity contribution in [3.8, 4) is 11.5 Å². The molecule has 0 bridgehead atoms. The Labute approximate surface area is 239 Å². The lowest BCUT2D eigenvalue weighted by atomic mass is 10.1. The molecule has 39 heavy (non-hydrogen) atoms. The van der Waals surface area contributed by atoms with Crippen molar-refractivity contribution in [1.29, 1.82) is 0 Å². The van der Waals surface area contributed by atoms with Crippen LogP contribution in [-0.2, 0) is 16.2 Å². The Kier molecular flexibility index (Phi) is 8.45. The smallest absolute Gasteiger partial charge is 0.417 e. The van der Waals surface area contributed by atoms with Gasteiger partial charge in [0.2, 0.25) is 0 Å². The van der Waals surface area contributed by atoms with E-state index in [-0.39, 0.29) is 31.3 Å². The summed E-state index contributed by atoms with van der Waals surface area (Å²) in [6.45, 7) is 0. The van der Waals surface area contributed by atoms with E-state index < -0.39 is 27.7 Å². The highest BCUT2D eigenvalue weighted by Gasteiger charge is 2.33. The van der Waals surface area contributed by atoms with Gasteiger partial charge in [-0.25, -0.2) is 8.42 Å². The molecule has 202 valence electrons. The number of benzene rings is 4. The predicted molar refractivity (Wildman–Crippen MR) is 147 cm³/mol. The van der Waals surface area contributed by atoms with Gasteiger partial charge in [-0.2, -0.15) is 13.2 Å². The molecular formula is C26H16BrCl2F3N2O4S. The van der Waals surface area contributed by atoms with Gasteiger partial charge >= 0.3 is 6.18 Å². The molecule has 1 amide bonds. The van der Waals surface area contributed by atoms with E-state index in [1.165, 1.54) is 48.5 Å². The Morgan fingerprint density at radius 3 is 2.26 bits per heavy atom. The summed E-state index contributed by atoms with van der Waals surface area (Å²) >= 11 is 14.9. The highest BCUT2D eigenvalue weighted by Crippen LogP contribution is 2.37. The molecule has 0 spiro atoms. The molecule has 0 unspecified atom stereocenters. The monoisotopic (exact) mass is 658 g/mol. The second-order valence-corrected chi connectivity index (χ2v) is 11.3. The number of sulfonamides is 1.